The van der Waals surface area contributed by atoms with Crippen LogP contribution in [0, 0.1) is 6.92 Å². The molecule has 0 aliphatic rings. The molecule has 0 saturated carbocycles. The second kappa shape index (κ2) is 9.59. The summed E-state index contributed by atoms with van der Waals surface area (Å²) in [6, 6.07) is 45.1. The maximum absolute atomic E-state index is 5.24. The predicted octanol–water partition coefficient (Wildman–Crippen LogP) is 6.81. The van der Waals surface area contributed by atoms with Gasteiger partial charge in [-0.3, -0.25) is 0 Å². The van der Waals surface area contributed by atoms with E-state index in [0.717, 1.165) is 76.4 Å². The first-order valence-corrected chi connectivity index (χ1v) is 17.5. The van der Waals surface area contributed by atoms with Crippen LogP contribution in [-0.2, 0) is 0 Å². The van der Waals surface area contributed by atoms with Crippen molar-refractivity contribution in [2.45, 2.75) is 6.92 Å². The molecule has 10 aromatic rings. The summed E-state index contributed by atoms with van der Waals surface area (Å²) in [6.07, 6.45) is 0. The van der Waals surface area contributed by atoms with E-state index in [4.69, 9.17) is 15.0 Å². The fourth-order valence-electron chi connectivity index (χ4n) is 7.22. The molecular formula is C38H26BiN7. The molecule has 0 bridgehead atoms. The van der Waals surface area contributed by atoms with Gasteiger partial charge in [-0.2, -0.15) is 0 Å². The Morgan fingerprint density at radius 2 is 1.17 bits per heavy atom. The summed E-state index contributed by atoms with van der Waals surface area (Å²) in [5, 5.41) is 1.20. The van der Waals surface area contributed by atoms with Crippen LogP contribution in [0.2, 0.25) is 0 Å². The second-order valence-corrected chi connectivity index (χ2v) is 14.0. The summed E-state index contributed by atoms with van der Waals surface area (Å²) < 4.78 is 10.5. The van der Waals surface area contributed by atoms with Gasteiger partial charge >= 0.3 is 279 Å². The van der Waals surface area contributed by atoms with Crippen molar-refractivity contribution in [2.24, 2.45) is 0 Å². The molecule has 10 rings (SSSR count). The van der Waals surface area contributed by atoms with Gasteiger partial charge in [0.25, 0.3) is 0 Å². The molecule has 5 aromatic heterocycles. The fraction of sp³-hybridized carbons (Fsp3) is 0.0263. The molecule has 0 aliphatic heterocycles. The molecular weight excluding hydrogens is 763 g/mol. The van der Waals surface area contributed by atoms with Gasteiger partial charge in [-0.15, -0.1) is 0 Å². The van der Waals surface area contributed by atoms with Crippen LogP contribution >= 0.6 is 0 Å². The molecule has 5 heterocycles. The van der Waals surface area contributed by atoms with Crippen molar-refractivity contribution in [3.8, 4) is 22.6 Å². The van der Waals surface area contributed by atoms with Gasteiger partial charge in [0.2, 0.25) is 0 Å². The topological polar surface area (TPSA) is 57.4 Å². The Bertz CT molecular complexity index is 2630. The van der Waals surface area contributed by atoms with Crippen LogP contribution in [0.3, 0.4) is 0 Å². The van der Waals surface area contributed by atoms with Crippen molar-refractivity contribution in [1.29, 1.82) is 0 Å². The Morgan fingerprint density at radius 3 is 1.93 bits per heavy atom. The SMILES string of the molecule is Cc1n[c]([BiH2])cc(-c2c3c(cc4c2n(-c2ccccc2)c2nc5ccccc5n42)n2c4ccccc4cc2n3-c2ccccc2)n1. The van der Waals surface area contributed by atoms with Gasteiger partial charge in [-0.25, -0.2) is 0 Å². The van der Waals surface area contributed by atoms with Crippen LogP contribution in [0.15, 0.2) is 127 Å². The van der Waals surface area contributed by atoms with Gasteiger partial charge in [0, 0.05) is 0 Å². The van der Waals surface area contributed by atoms with Crippen LogP contribution in [0.1, 0.15) is 5.82 Å². The monoisotopic (exact) mass is 789 g/mol. The first kappa shape index (κ1) is 25.9. The van der Waals surface area contributed by atoms with Crippen molar-refractivity contribution >= 4 is 83.5 Å². The van der Waals surface area contributed by atoms with Gasteiger partial charge in [0.05, 0.1) is 0 Å². The van der Waals surface area contributed by atoms with E-state index in [-0.39, 0.29) is 0 Å². The molecule has 8 heteroatoms. The second-order valence-electron chi connectivity index (χ2n) is 11.7. The van der Waals surface area contributed by atoms with E-state index < -0.39 is 0 Å². The van der Waals surface area contributed by atoms with E-state index in [1.54, 1.807) is 0 Å². The first-order valence-electron chi connectivity index (χ1n) is 15.3. The number of hydrogen-bond donors (Lipinski definition) is 0. The zero-order valence-electron chi connectivity index (χ0n) is 24.8. The normalized spacial score (nSPS) is 12.1. The Kier molecular flexibility index (Phi) is 5.41. The third kappa shape index (κ3) is 3.53. The molecule has 0 fully saturated rings. The predicted molar refractivity (Wildman–Crippen MR) is 189 cm³/mol. The van der Waals surface area contributed by atoms with Crippen LogP contribution in [-0.4, -0.2) is 57.6 Å². The van der Waals surface area contributed by atoms with Crippen LogP contribution in [0.25, 0.3) is 78.1 Å². The van der Waals surface area contributed by atoms with E-state index >= 15 is 0 Å². The van der Waals surface area contributed by atoms with Gasteiger partial charge in [-0.1, -0.05) is 0 Å². The minimum absolute atomic E-state index is 0.572. The Morgan fingerprint density at radius 1 is 0.543 bits per heavy atom. The summed E-state index contributed by atoms with van der Waals surface area (Å²) in [5.41, 5.74) is 12.8. The van der Waals surface area contributed by atoms with E-state index in [1.165, 1.54) is 10.9 Å². The third-order valence-corrected chi connectivity index (χ3v) is 10.1. The number of nitrogens with zero attached hydrogens (tertiary/aromatic N) is 7. The number of hydrogen-bond acceptors (Lipinski definition) is 3. The summed E-state index contributed by atoms with van der Waals surface area (Å²) in [4.78, 5) is 15.2. The maximum atomic E-state index is 5.24. The molecule has 218 valence electrons. The van der Waals surface area contributed by atoms with E-state index in [1.807, 2.05) is 6.92 Å². The molecule has 0 radical (unpaired) electrons. The summed E-state index contributed by atoms with van der Waals surface area (Å²) in [6.45, 7) is 2.00. The van der Waals surface area contributed by atoms with Crippen molar-refractivity contribution in [2.75, 3.05) is 0 Å². The number of para-hydroxylation sites is 5. The molecule has 0 unspecified atom stereocenters. The molecule has 7 nitrogen and oxygen atoms in total. The number of aromatic nitrogens is 7. The van der Waals surface area contributed by atoms with E-state index in [9.17, 15) is 0 Å². The molecule has 0 amide bonds. The Labute approximate surface area is 277 Å². The van der Waals surface area contributed by atoms with Crippen LogP contribution in [0.4, 0.5) is 0 Å². The molecule has 0 spiro atoms. The van der Waals surface area contributed by atoms with Crippen molar-refractivity contribution in [3.63, 3.8) is 0 Å². The number of aryl methyl sites for hydroxylation is 1. The van der Waals surface area contributed by atoms with Crippen molar-refractivity contribution in [3.05, 3.63) is 133 Å². The molecule has 0 N–H and O–H groups in total. The van der Waals surface area contributed by atoms with Gasteiger partial charge in [-0.05, 0) is 0 Å². The van der Waals surface area contributed by atoms with Crippen LogP contribution < -0.4 is 3.40 Å². The van der Waals surface area contributed by atoms with E-state index in [0.29, 0.717) is 24.7 Å². The minimum atomic E-state index is 0.572. The Balaban J connectivity index is 1.56. The average molecular weight is 790 g/mol. The zero-order valence-corrected chi connectivity index (χ0v) is 29.3. The van der Waals surface area contributed by atoms with Gasteiger partial charge < -0.3 is 0 Å². The van der Waals surface area contributed by atoms with E-state index in [2.05, 4.69) is 145 Å². The molecule has 5 aromatic carbocycles. The zero-order chi connectivity index (χ0) is 30.5. The first-order chi connectivity index (χ1) is 22.7. The quantitative estimate of drug-likeness (QED) is 0.185. The third-order valence-electron chi connectivity index (χ3n) is 8.97. The Hall–Kier alpha value is -5.33. The fourth-order valence-corrected chi connectivity index (χ4v) is 8.56. The molecule has 0 saturated heterocycles. The molecule has 0 atom stereocenters. The molecule has 46 heavy (non-hydrogen) atoms. The standard InChI is InChI=1S/C38H24N7.Bi.2H/c1-24-39-21-20-29(40-24)35-36-32(44-30-18-10-8-12-25(30)22-34(44)42(36)26-13-4-2-5-14-26)23-33-37(35)43(27-15-6-3-7-16-27)38-41-28-17-9-11-19-31(28)45(33)38;;;/h2-20,22-23H,1H3;;;. The molecule has 0 aliphatic carbocycles. The van der Waals surface area contributed by atoms with Crippen LogP contribution in [0.5, 0.6) is 0 Å². The number of fused-ring (bicyclic) bond motifs is 10. The number of benzene rings is 5. The van der Waals surface area contributed by atoms with Gasteiger partial charge in [0.1, 0.15) is 0 Å². The summed E-state index contributed by atoms with van der Waals surface area (Å²) >= 11 is 0.572. The van der Waals surface area contributed by atoms with Gasteiger partial charge in [0.15, 0.2) is 0 Å². The van der Waals surface area contributed by atoms with Crippen molar-refractivity contribution in [1.82, 2.24) is 32.9 Å². The number of rotatable bonds is 3. The van der Waals surface area contributed by atoms with Crippen molar-refractivity contribution < 1.29 is 0 Å². The summed E-state index contributed by atoms with van der Waals surface area (Å²) in [7, 11) is 0. The summed E-state index contributed by atoms with van der Waals surface area (Å²) in [5.74, 6) is 1.65. The average Bonchev–Trinajstić information content (AvgIpc) is 3.80. The number of imidazole rings is 3.